The smallest absolute Gasteiger partial charge is 0.150 e. The van der Waals surface area contributed by atoms with Crippen molar-refractivity contribution in [3.8, 4) is 0 Å². The van der Waals surface area contributed by atoms with Crippen LogP contribution in [-0.2, 0) is 16.3 Å². The molecule has 0 bridgehead atoms. The average Bonchev–Trinajstić information content (AvgIpc) is 2.66. The highest BCUT2D eigenvalue weighted by Gasteiger charge is 2.14. The molecule has 86 valence electrons. The highest BCUT2D eigenvalue weighted by Crippen LogP contribution is 2.09. The molecule has 0 saturated carbocycles. The SMILES string of the molecule is CC(CN)CS(=O)(=O)CCc1ccsc1. The Balaban J connectivity index is 2.43. The summed E-state index contributed by atoms with van der Waals surface area (Å²) in [5, 5.41) is 3.95. The molecule has 1 aromatic heterocycles. The van der Waals surface area contributed by atoms with E-state index in [1.54, 1.807) is 11.3 Å². The maximum atomic E-state index is 11.6. The summed E-state index contributed by atoms with van der Waals surface area (Å²) in [5.41, 5.74) is 6.51. The number of rotatable bonds is 6. The van der Waals surface area contributed by atoms with Gasteiger partial charge in [-0.15, -0.1) is 0 Å². The van der Waals surface area contributed by atoms with E-state index in [-0.39, 0.29) is 17.4 Å². The molecule has 0 spiro atoms. The topological polar surface area (TPSA) is 60.2 Å². The molecular weight excluding hydrogens is 230 g/mol. The van der Waals surface area contributed by atoms with Crippen LogP contribution in [0.5, 0.6) is 0 Å². The highest BCUT2D eigenvalue weighted by molar-refractivity contribution is 7.91. The zero-order chi connectivity index (χ0) is 11.3. The van der Waals surface area contributed by atoms with E-state index in [1.807, 2.05) is 23.8 Å². The van der Waals surface area contributed by atoms with E-state index < -0.39 is 9.84 Å². The third kappa shape index (κ3) is 4.77. The van der Waals surface area contributed by atoms with Gasteiger partial charge in [0.2, 0.25) is 0 Å². The molecule has 1 unspecified atom stereocenters. The van der Waals surface area contributed by atoms with Crippen molar-refractivity contribution < 1.29 is 8.42 Å². The van der Waals surface area contributed by atoms with Gasteiger partial charge in [-0.1, -0.05) is 6.92 Å². The summed E-state index contributed by atoms with van der Waals surface area (Å²) in [7, 11) is -2.94. The van der Waals surface area contributed by atoms with Crippen LogP contribution in [0.15, 0.2) is 16.8 Å². The predicted molar refractivity (Wildman–Crippen MR) is 64.9 cm³/mol. The lowest BCUT2D eigenvalue weighted by atomic mass is 10.2. The molecule has 3 nitrogen and oxygen atoms in total. The van der Waals surface area contributed by atoms with Crippen LogP contribution in [0.4, 0.5) is 0 Å². The maximum absolute atomic E-state index is 11.6. The van der Waals surface area contributed by atoms with E-state index in [0.717, 1.165) is 5.56 Å². The molecule has 1 aromatic rings. The second kappa shape index (κ2) is 5.63. The van der Waals surface area contributed by atoms with E-state index >= 15 is 0 Å². The Morgan fingerprint density at radius 1 is 1.53 bits per heavy atom. The number of aryl methyl sites for hydroxylation is 1. The molecule has 0 saturated heterocycles. The van der Waals surface area contributed by atoms with E-state index in [0.29, 0.717) is 13.0 Å². The molecule has 1 heterocycles. The molecule has 0 aliphatic rings. The van der Waals surface area contributed by atoms with E-state index in [1.165, 1.54) is 0 Å². The minimum atomic E-state index is -2.94. The van der Waals surface area contributed by atoms with Crippen LogP contribution in [0.1, 0.15) is 12.5 Å². The first-order chi connectivity index (χ1) is 7.03. The van der Waals surface area contributed by atoms with Gasteiger partial charge in [-0.2, -0.15) is 11.3 Å². The Morgan fingerprint density at radius 3 is 2.80 bits per heavy atom. The molecular formula is C10H17NO2S2. The first-order valence-electron chi connectivity index (χ1n) is 4.95. The number of hydrogen-bond acceptors (Lipinski definition) is 4. The summed E-state index contributed by atoms with van der Waals surface area (Å²) in [5.74, 6) is 0.485. The van der Waals surface area contributed by atoms with Crippen molar-refractivity contribution in [2.24, 2.45) is 11.7 Å². The second-order valence-corrected chi connectivity index (χ2v) is 6.85. The first-order valence-corrected chi connectivity index (χ1v) is 7.71. The molecule has 2 N–H and O–H groups in total. The number of hydrogen-bond donors (Lipinski definition) is 1. The zero-order valence-electron chi connectivity index (χ0n) is 8.85. The molecule has 1 rings (SSSR count). The summed E-state index contributed by atoms with van der Waals surface area (Å²) in [6, 6.07) is 1.96. The van der Waals surface area contributed by atoms with Gasteiger partial charge in [-0.05, 0) is 41.3 Å². The van der Waals surface area contributed by atoms with E-state index in [9.17, 15) is 8.42 Å². The summed E-state index contributed by atoms with van der Waals surface area (Å²) in [6.45, 7) is 2.29. The lowest BCUT2D eigenvalue weighted by molar-refractivity contribution is 0.573. The van der Waals surface area contributed by atoms with Crippen LogP contribution in [0.2, 0.25) is 0 Å². The normalized spacial score (nSPS) is 14.0. The second-order valence-electron chi connectivity index (χ2n) is 3.84. The number of sulfone groups is 1. The van der Waals surface area contributed by atoms with E-state index in [2.05, 4.69) is 0 Å². The largest absolute Gasteiger partial charge is 0.330 e. The zero-order valence-corrected chi connectivity index (χ0v) is 10.5. The van der Waals surface area contributed by atoms with Gasteiger partial charge in [0.25, 0.3) is 0 Å². The van der Waals surface area contributed by atoms with Crippen molar-refractivity contribution in [1.82, 2.24) is 0 Å². The summed E-state index contributed by atoms with van der Waals surface area (Å²) < 4.78 is 23.3. The summed E-state index contributed by atoms with van der Waals surface area (Å²) in [4.78, 5) is 0. The summed E-state index contributed by atoms with van der Waals surface area (Å²) in [6.07, 6.45) is 0.614. The molecule has 0 amide bonds. The maximum Gasteiger partial charge on any atom is 0.150 e. The average molecular weight is 247 g/mol. The van der Waals surface area contributed by atoms with Crippen LogP contribution in [-0.4, -0.2) is 26.5 Å². The van der Waals surface area contributed by atoms with Gasteiger partial charge in [0.05, 0.1) is 11.5 Å². The Hall–Kier alpha value is -0.390. The molecule has 1 atom stereocenters. The van der Waals surface area contributed by atoms with Crippen LogP contribution >= 0.6 is 11.3 Å². The van der Waals surface area contributed by atoms with Gasteiger partial charge in [-0.3, -0.25) is 0 Å². The van der Waals surface area contributed by atoms with Gasteiger partial charge < -0.3 is 5.73 Å². The van der Waals surface area contributed by atoms with Crippen LogP contribution < -0.4 is 5.73 Å². The van der Waals surface area contributed by atoms with Gasteiger partial charge in [0.1, 0.15) is 0 Å². The number of thiophene rings is 1. The fourth-order valence-corrected chi connectivity index (χ4v) is 3.71. The third-order valence-corrected chi connectivity index (χ3v) is 4.86. The van der Waals surface area contributed by atoms with E-state index in [4.69, 9.17) is 5.73 Å². The van der Waals surface area contributed by atoms with Crippen LogP contribution in [0.3, 0.4) is 0 Å². The van der Waals surface area contributed by atoms with Crippen molar-refractivity contribution in [1.29, 1.82) is 0 Å². The standard InChI is InChI=1S/C10H17NO2S2/c1-9(6-11)8-15(12,13)5-3-10-2-4-14-7-10/h2,4,7,9H,3,5-6,8,11H2,1H3. The van der Waals surface area contributed by atoms with Gasteiger partial charge in [0.15, 0.2) is 9.84 Å². The fraction of sp³-hybridized carbons (Fsp3) is 0.600. The minimum absolute atomic E-state index is 0.0532. The van der Waals surface area contributed by atoms with Crippen LogP contribution in [0.25, 0.3) is 0 Å². The van der Waals surface area contributed by atoms with Crippen molar-refractivity contribution in [3.63, 3.8) is 0 Å². The molecule has 0 aliphatic carbocycles. The fourth-order valence-electron chi connectivity index (χ4n) is 1.29. The molecule has 15 heavy (non-hydrogen) atoms. The Bertz CT molecular complexity index is 370. The predicted octanol–water partition coefficient (Wildman–Crippen LogP) is 1.30. The molecule has 0 fully saturated rings. The number of nitrogens with two attached hydrogens (primary N) is 1. The Kier molecular flexibility index (Phi) is 4.76. The van der Waals surface area contributed by atoms with Gasteiger partial charge in [0, 0.05) is 0 Å². The minimum Gasteiger partial charge on any atom is -0.330 e. The lowest BCUT2D eigenvalue weighted by Crippen LogP contribution is -2.23. The first kappa shape index (κ1) is 12.7. The molecule has 0 radical (unpaired) electrons. The van der Waals surface area contributed by atoms with Crippen LogP contribution in [0, 0.1) is 5.92 Å². The highest BCUT2D eigenvalue weighted by atomic mass is 32.2. The van der Waals surface area contributed by atoms with Gasteiger partial charge >= 0.3 is 0 Å². The molecule has 0 aliphatic heterocycles. The Labute approximate surface area is 95.2 Å². The molecule has 0 aromatic carbocycles. The quantitative estimate of drug-likeness (QED) is 0.824. The van der Waals surface area contributed by atoms with Crippen molar-refractivity contribution >= 4 is 21.2 Å². The lowest BCUT2D eigenvalue weighted by Gasteiger charge is -2.08. The monoisotopic (exact) mass is 247 g/mol. The molecule has 5 heteroatoms. The van der Waals surface area contributed by atoms with Crippen molar-refractivity contribution in [3.05, 3.63) is 22.4 Å². The van der Waals surface area contributed by atoms with Crippen molar-refractivity contribution in [2.45, 2.75) is 13.3 Å². The summed E-state index contributed by atoms with van der Waals surface area (Å²) >= 11 is 1.59. The van der Waals surface area contributed by atoms with Gasteiger partial charge in [-0.25, -0.2) is 8.42 Å². The van der Waals surface area contributed by atoms with Crippen molar-refractivity contribution in [2.75, 3.05) is 18.1 Å². The third-order valence-electron chi connectivity index (χ3n) is 2.22. The Morgan fingerprint density at radius 2 is 2.27 bits per heavy atom.